The molecule has 0 aromatic heterocycles. The van der Waals surface area contributed by atoms with Crippen LogP contribution in [0.3, 0.4) is 0 Å². The van der Waals surface area contributed by atoms with E-state index in [0.717, 1.165) is 3.57 Å². The van der Waals surface area contributed by atoms with E-state index in [1.165, 1.54) is 0 Å². The van der Waals surface area contributed by atoms with Gasteiger partial charge in [0.2, 0.25) is 5.91 Å². The van der Waals surface area contributed by atoms with E-state index in [2.05, 4.69) is 0 Å². The summed E-state index contributed by atoms with van der Waals surface area (Å²) >= 11 is 1.99. The Morgan fingerprint density at radius 3 is 2.64 bits per heavy atom. The number of carbonyl (C=O) groups is 1. The summed E-state index contributed by atoms with van der Waals surface area (Å²) < 4.78 is 14.4. The molecule has 0 unspecified atom stereocenters. The first-order valence-corrected chi connectivity index (χ1v) is 5.34. The van der Waals surface area contributed by atoms with Gasteiger partial charge < -0.3 is 5.73 Å². The Kier molecular flexibility index (Phi) is 3.47. The molecule has 0 aliphatic rings. The van der Waals surface area contributed by atoms with Gasteiger partial charge in [-0.3, -0.25) is 4.79 Å². The molecule has 4 heteroatoms. The van der Waals surface area contributed by atoms with Crippen molar-refractivity contribution in [1.82, 2.24) is 0 Å². The molecule has 1 aromatic carbocycles. The normalized spacial score (nSPS) is 10.3. The molecule has 0 radical (unpaired) electrons. The van der Waals surface area contributed by atoms with Crippen molar-refractivity contribution in [2.24, 2.45) is 5.73 Å². The summed E-state index contributed by atoms with van der Waals surface area (Å²) in [5.41, 5.74) is 6.45. The van der Waals surface area contributed by atoms with Crippen molar-refractivity contribution in [3.05, 3.63) is 32.1 Å². The molecule has 0 spiro atoms. The van der Waals surface area contributed by atoms with E-state index < -0.39 is 5.91 Å². The summed E-state index contributed by atoms with van der Waals surface area (Å²) in [6.07, 6.45) is 0.474. The fourth-order valence-electron chi connectivity index (χ4n) is 1.34. The van der Waals surface area contributed by atoms with Gasteiger partial charge in [0.25, 0.3) is 0 Å². The molecule has 0 heterocycles. The van der Waals surface area contributed by atoms with Gasteiger partial charge in [-0.15, -0.1) is 0 Å². The smallest absolute Gasteiger partial charge is 0.249 e. The number of hydrogen-bond acceptors (Lipinski definition) is 1. The van der Waals surface area contributed by atoms with Gasteiger partial charge in [-0.2, -0.15) is 0 Å². The maximum absolute atomic E-state index is 13.7. The van der Waals surface area contributed by atoms with Crippen LogP contribution in [0.2, 0.25) is 0 Å². The first-order valence-electron chi connectivity index (χ1n) is 4.26. The highest BCUT2D eigenvalue weighted by atomic mass is 127. The van der Waals surface area contributed by atoms with Crippen LogP contribution in [0.4, 0.5) is 4.39 Å². The number of amides is 1. The van der Waals surface area contributed by atoms with Crippen LogP contribution in [0.1, 0.15) is 28.4 Å². The predicted molar refractivity (Wildman–Crippen MR) is 61.7 cm³/mol. The van der Waals surface area contributed by atoms with Crippen molar-refractivity contribution in [1.29, 1.82) is 0 Å². The lowest BCUT2D eigenvalue weighted by molar-refractivity contribution is 0.0999. The Labute approximate surface area is 95.8 Å². The zero-order valence-electron chi connectivity index (χ0n) is 8.03. The molecule has 14 heavy (non-hydrogen) atoms. The second kappa shape index (κ2) is 4.25. The van der Waals surface area contributed by atoms with Gasteiger partial charge in [-0.25, -0.2) is 4.39 Å². The maximum atomic E-state index is 13.7. The second-order valence-electron chi connectivity index (χ2n) is 3.04. The largest absolute Gasteiger partial charge is 0.366 e. The average Bonchev–Trinajstić information content (AvgIpc) is 2.13. The van der Waals surface area contributed by atoms with Crippen molar-refractivity contribution < 1.29 is 9.18 Å². The number of halogens is 2. The molecule has 0 saturated heterocycles. The van der Waals surface area contributed by atoms with Crippen LogP contribution < -0.4 is 5.73 Å². The topological polar surface area (TPSA) is 43.1 Å². The molecular weight excluding hydrogens is 296 g/mol. The zero-order valence-corrected chi connectivity index (χ0v) is 10.2. The maximum Gasteiger partial charge on any atom is 0.249 e. The predicted octanol–water partition coefficient (Wildman–Crippen LogP) is 2.40. The second-order valence-corrected chi connectivity index (χ2v) is 4.20. The van der Waals surface area contributed by atoms with E-state index in [4.69, 9.17) is 5.73 Å². The molecule has 1 rings (SSSR count). The van der Waals surface area contributed by atoms with Crippen molar-refractivity contribution in [3.63, 3.8) is 0 Å². The highest BCUT2D eigenvalue weighted by molar-refractivity contribution is 14.1. The van der Waals surface area contributed by atoms with Gasteiger partial charge in [-0.05, 0) is 47.6 Å². The Morgan fingerprint density at radius 2 is 2.21 bits per heavy atom. The summed E-state index contributed by atoms with van der Waals surface area (Å²) in [4.78, 5) is 11.0. The molecule has 0 fully saturated rings. The van der Waals surface area contributed by atoms with Crippen LogP contribution in [0.25, 0.3) is 0 Å². The molecule has 0 aliphatic carbocycles. The molecule has 1 amide bonds. The molecule has 76 valence electrons. The Bertz CT molecular complexity index is 390. The van der Waals surface area contributed by atoms with E-state index in [0.29, 0.717) is 23.1 Å². The minimum atomic E-state index is -0.571. The molecular formula is C10H11FINO. The third kappa shape index (κ3) is 1.89. The van der Waals surface area contributed by atoms with Gasteiger partial charge >= 0.3 is 0 Å². The van der Waals surface area contributed by atoms with E-state index in [-0.39, 0.29) is 5.82 Å². The lowest BCUT2D eigenvalue weighted by Crippen LogP contribution is -2.16. The molecule has 2 nitrogen and oxygen atoms in total. The van der Waals surface area contributed by atoms with Crippen LogP contribution >= 0.6 is 22.6 Å². The Morgan fingerprint density at radius 1 is 1.64 bits per heavy atom. The van der Waals surface area contributed by atoms with Crippen molar-refractivity contribution in [2.75, 3.05) is 0 Å². The summed E-state index contributed by atoms with van der Waals surface area (Å²) in [6, 6.07) is 1.64. The SMILES string of the molecule is CCc1c(C(N)=O)cc(I)c(C)c1F. The molecule has 0 bridgehead atoms. The molecule has 0 saturated carbocycles. The van der Waals surface area contributed by atoms with Crippen molar-refractivity contribution in [2.45, 2.75) is 20.3 Å². The quantitative estimate of drug-likeness (QED) is 0.838. The van der Waals surface area contributed by atoms with Crippen molar-refractivity contribution >= 4 is 28.5 Å². The number of carbonyl (C=O) groups excluding carboxylic acids is 1. The summed E-state index contributed by atoms with van der Waals surface area (Å²) in [5.74, 6) is -0.883. The lowest BCUT2D eigenvalue weighted by Gasteiger charge is -2.10. The van der Waals surface area contributed by atoms with E-state index in [9.17, 15) is 9.18 Å². The average molecular weight is 307 g/mol. The monoisotopic (exact) mass is 307 g/mol. The Hall–Kier alpha value is -0.650. The third-order valence-corrected chi connectivity index (χ3v) is 3.29. The minimum absolute atomic E-state index is 0.292. The van der Waals surface area contributed by atoms with E-state index in [1.807, 2.05) is 22.6 Å². The number of benzene rings is 1. The van der Waals surface area contributed by atoms with Crippen LogP contribution in [-0.4, -0.2) is 5.91 Å². The summed E-state index contributed by atoms with van der Waals surface area (Å²) in [7, 11) is 0. The van der Waals surface area contributed by atoms with E-state index >= 15 is 0 Å². The van der Waals surface area contributed by atoms with Crippen LogP contribution in [0, 0.1) is 16.3 Å². The van der Waals surface area contributed by atoms with Crippen LogP contribution in [0.15, 0.2) is 6.07 Å². The first kappa shape index (κ1) is 11.4. The fourth-order valence-corrected chi connectivity index (χ4v) is 1.89. The molecule has 0 aliphatic heterocycles. The first-order chi connectivity index (χ1) is 6.49. The fraction of sp³-hybridized carbons (Fsp3) is 0.300. The van der Waals surface area contributed by atoms with Gasteiger partial charge in [-0.1, -0.05) is 6.92 Å². The number of rotatable bonds is 2. The number of nitrogens with two attached hydrogens (primary N) is 1. The highest BCUT2D eigenvalue weighted by Gasteiger charge is 2.15. The van der Waals surface area contributed by atoms with Gasteiger partial charge in [0.1, 0.15) is 5.82 Å². The van der Waals surface area contributed by atoms with Crippen molar-refractivity contribution in [3.8, 4) is 0 Å². The number of primary amides is 1. The standard InChI is InChI=1S/C10H11FINO/c1-3-6-7(10(13)14)4-8(12)5(2)9(6)11/h4H,3H2,1-2H3,(H2,13,14). The highest BCUT2D eigenvalue weighted by Crippen LogP contribution is 2.23. The molecule has 2 N–H and O–H groups in total. The van der Waals surface area contributed by atoms with Gasteiger partial charge in [0.15, 0.2) is 0 Å². The Balaban J connectivity index is 3.51. The minimum Gasteiger partial charge on any atom is -0.366 e. The zero-order chi connectivity index (χ0) is 10.9. The van der Waals surface area contributed by atoms with Crippen LogP contribution in [0.5, 0.6) is 0 Å². The number of hydrogen-bond donors (Lipinski definition) is 1. The lowest BCUT2D eigenvalue weighted by atomic mass is 10.0. The molecule has 0 atom stereocenters. The van der Waals surface area contributed by atoms with Gasteiger partial charge in [0.05, 0.1) is 0 Å². The summed E-state index contributed by atoms with van der Waals surface area (Å²) in [6.45, 7) is 3.50. The van der Waals surface area contributed by atoms with Gasteiger partial charge in [0, 0.05) is 14.7 Å². The molecule has 1 aromatic rings. The van der Waals surface area contributed by atoms with E-state index in [1.54, 1.807) is 19.9 Å². The van der Waals surface area contributed by atoms with Crippen LogP contribution in [-0.2, 0) is 6.42 Å². The summed E-state index contributed by atoms with van der Waals surface area (Å²) in [5, 5.41) is 0. The third-order valence-electron chi connectivity index (χ3n) is 2.17.